The molecular formula is C20H18NO3+. The number of rotatable bonds is 3. The number of fused-ring (bicyclic) bond motifs is 4. The van der Waals surface area contributed by atoms with Gasteiger partial charge in [0.25, 0.3) is 0 Å². The van der Waals surface area contributed by atoms with E-state index in [-0.39, 0.29) is 0 Å². The molecule has 0 saturated heterocycles. The molecule has 0 spiro atoms. The van der Waals surface area contributed by atoms with E-state index in [2.05, 4.69) is 35.0 Å². The van der Waals surface area contributed by atoms with Crippen LogP contribution in [0.3, 0.4) is 0 Å². The van der Waals surface area contributed by atoms with Crippen molar-refractivity contribution in [2.45, 2.75) is 0 Å². The van der Waals surface area contributed by atoms with E-state index in [1.54, 1.807) is 21.3 Å². The number of nitrogens with zero attached hydrogens (tertiary/aromatic N) is 1. The van der Waals surface area contributed by atoms with Crippen LogP contribution >= 0.6 is 0 Å². The summed E-state index contributed by atoms with van der Waals surface area (Å²) in [7, 11) is 4.99. The van der Waals surface area contributed by atoms with Crippen LogP contribution in [0.4, 0.5) is 0 Å². The second kappa shape index (κ2) is 5.57. The Morgan fingerprint density at radius 1 is 0.708 bits per heavy atom. The third-order valence-electron chi connectivity index (χ3n) is 4.39. The van der Waals surface area contributed by atoms with E-state index in [0.29, 0.717) is 0 Å². The number of aromatic nitrogens is 1. The van der Waals surface area contributed by atoms with Crippen LogP contribution in [0.1, 0.15) is 0 Å². The molecule has 120 valence electrons. The van der Waals surface area contributed by atoms with Gasteiger partial charge in [-0.1, -0.05) is 6.07 Å². The van der Waals surface area contributed by atoms with Crippen LogP contribution in [0.25, 0.3) is 27.1 Å². The van der Waals surface area contributed by atoms with Gasteiger partial charge >= 0.3 is 0 Å². The van der Waals surface area contributed by atoms with Gasteiger partial charge in [0.05, 0.1) is 26.7 Å². The van der Waals surface area contributed by atoms with E-state index >= 15 is 0 Å². The molecule has 4 nitrogen and oxygen atoms in total. The number of hydrogen-bond donors (Lipinski definition) is 0. The molecule has 0 unspecified atom stereocenters. The highest BCUT2D eigenvalue weighted by molar-refractivity contribution is 5.99. The van der Waals surface area contributed by atoms with Crippen LogP contribution < -0.4 is 18.6 Å². The Morgan fingerprint density at radius 3 is 2.25 bits per heavy atom. The van der Waals surface area contributed by atoms with Crippen LogP contribution in [0, 0.1) is 0 Å². The summed E-state index contributed by atoms with van der Waals surface area (Å²) in [6.45, 7) is 0. The zero-order valence-electron chi connectivity index (χ0n) is 13.9. The van der Waals surface area contributed by atoms with Crippen LogP contribution in [0.15, 0.2) is 54.9 Å². The zero-order chi connectivity index (χ0) is 16.7. The molecule has 0 aliphatic carbocycles. The molecule has 4 heteroatoms. The predicted molar refractivity (Wildman–Crippen MR) is 94.3 cm³/mol. The van der Waals surface area contributed by atoms with Gasteiger partial charge in [-0.15, -0.1) is 0 Å². The van der Waals surface area contributed by atoms with E-state index in [9.17, 15) is 0 Å². The summed E-state index contributed by atoms with van der Waals surface area (Å²) in [4.78, 5) is 0. The van der Waals surface area contributed by atoms with Gasteiger partial charge in [-0.2, -0.15) is 4.40 Å². The van der Waals surface area contributed by atoms with Crippen molar-refractivity contribution >= 4 is 27.1 Å². The number of ether oxygens (including phenoxy) is 3. The van der Waals surface area contributed by atoms with Gasteiger partial charge in [0.2, 0.25) is 5.52 Å². The Bertz CT molecular complexity index is 1070. The average molecular weight is 320 g/mol. The van der Waals surface area contributed by atoms with Gasteiger partial charge in [-0.25, -0.2) is 0 Å². The fourth-order valence-electron chi connectivity index (χ4n) is 3.12. The fraction of sp³-hybridized carbons (Fsp3) is 0.150. The summed E-state index contributed by atoms with van der Waals surface area (Å²) in [6, 6.07) is 14.4. The number of methoxy groups -OCH3 is 3. The Balaban J connectivity index is 2.07. The molecule has 2 heterocycles. The van der Waals surface area contributed by atoms with Crippen LogP contribution in [-0.2, 0) is 0 Å². The lowest BCUT2D eigenvalue weighted by Crippen LogP contribution is -2.20. The van der Waals surface area contributed by atoms with Crippen molar-refractivity contribution in [3.63, 3.8) is 0 Å². The van der Waals surface area contributed by atoms with Crippen molar-refractivity contribution in [3.8, 4) is 17.2 Å². The van der Waals surface area contributed by atoms with E-state index in [1.165, 1.54) is 0 Å². The second-order valence-electron chi connectivity index (χ2n) is 5.67. The van der Waals surface area contributed by atoms with Gasteiger partial charge < -0.3 is 14.2 Å². The molecule has 2 aromatic carbocycles. The summed E-state index contributed by atoms with van der Waals surface area (Å²) in [6.07, 6.45) is 4.17. The molecule has 24 heavy (non-hydrogen) atoms. The van der Waals surface area contributed by atoms with Gasteiger partial charge in [0, 0.05) is 17.5 Å². The lowest BCUT2D eigenvalue weighted by molar-refractivity contribution is -0.509. The van der Waals surface area contributed by atoms with Crippen LogP contribution in [0.2, 0.25) is 0 Å². The van der Waals surface area contributed by atoms with Crippen molar-refractivity contribution in [2.24, 2.45) is 0 Å². The molecule has 0 amide bonds. The highest BCUT2D eigenvalue weighted by atomic mass is 16.5. The first-order chi connectivity index (χ1) is 11.7. The highest BCUT2D eigenvalue weighted by Gasteiger charge is 2.14. The van der Waals surface area contributed by atoms with Crippen molar-refractivity contribution in [3.05, 3.63) is 54.9 Å². The predicted octanol–water partition coefficient (Wildman–Crippen LogP) is 3.76. The fourth-order valence-corrected chi connectivity index (χ4v) is 3.12. The van der Waals surface area contributed by atoms with Crippen molar-refractivity contribution in [1.82, 2.24) is 0 Å². The smallest absolute Gasteiger partial charge is 0.219 e. The molecule has 4 rings (SSSR count). The van der Waals surface area contributed by atoms with Gasteiger partial charge in [0.1, 0.15) is 5.75 Å². The Labute approximate surface area is 139 Å². The standard InChI is InChI=1S/C20H18NO3/c1-22-16-5-4-13-9-18-17-11-20(24-3)19(23-2)10-14(17)6-7-21(18)12-15(13)8-16/h4-12H,1-3H3/q+1. The summed E-state index contributed by atoms with van der Waals surface area (Å²) in [5.74, 6) is 2.32. The highest BCUT2D eigenvalue weighted by Crippen LogP contribution is 2.33. The molecule has 0 atom stereocenters. The molecule has 0 radical (unpaired) electrons. The minimum atomic E-state index is 0.730. The Hall–Kier alpha value is -3.01. The second-order valence-corrected chi connectivity index (χ2v) is 5.67. The number of hydrogen-bond acceptors (Lipinski definition) is 3. The average Bonchev–Trinajstić information content (AvgIpc) is 2.64. The minimum absolute atomic E-state index is 0.730. The minimum Gasteiger partial charge on any atom is -0.497 e. The molecule has 4 aromatic rings. The van der Waals surface area contributed by atoms with Crippen molar-refractivity contribution < 1.29 is 18.6 Å². The quantitative estimate of drug-likeness (QED) is 0.327. The van der Waals surface area contributed by atoms with Crippen LogP contribution in [-0.4, -0.2) is 21.3 Å². The molecule has 0 fully saturated rings. The maximum absolute atomic E-state index is 5.46. The topological polar surface area (TPSA) is 31.8 Å². The van der Waals surface area contributed by atoms with E-state index < -0.39 is 0 Å². The van der Waals surface area contributed by atoms with Crippen molar-refractivity contribution in [1.29, 1.82) is 0 Å². The molecule has 0 bridgehead atoms. The number of pyridine rings is 2. The first kappa shape index (κ1) is 14.6. The molecule has 0 aliphatic heterocycles. The Kier molecular flexibility index (Phi) is 3.38. The summed E-state index contributed by atoms with van der Waals surface area (Å²) in [5.41, 5.74) is 1.12. The molecule has 0 aliphatic rings. The molecule has 0 saturated carbocycles. The third-order valence-corrected chi connectivity index (χ3v) is 4.39. The van der Waals surface area contributed by atoms with E-state index in [1.807, 2.05) is 24.3 Å². The van der Waals surface area contributed by atoms with Crippen LogP contribution in [0.5, 0.6) is 17.2 Å². The summed E-state index contributed by atoms with van der Waals surface area (Å²) < 4.78 is 18.3. The van der Waals surface area contributed by atoms with E-state index in [4.69, 9.17) is 14.2 Å². The number of benzene rings is 2. The van der Waals surface area contributed by atoms with Gasteiger partial charge in [0.15, 0.2) is 23.9 Å². The molecular weight excluding hydrogens is 302 g/mol. The summed E-state index contributed by atoms with van der Waals surface area (Å²) in [5, 5.41) is 4.53. The van der Waals surface area contributed by atoms with Crippen molar-refractivity contribution in [2.75, 3.05) is 21.3 Å². The third kappa shape index (κ3) is 2.19. The van der Waals surface area contributed by atoms with Gasteiger partial charge in [-0.05, 0) is 35.0 Å². The normalized spacial score (nSPS) is 11.1. The summed E-state index contributed by atoms with van der Waals surface area (Å²) >= 11 is 0. The SMILES string of the molecule is COc1ccc2cc3c4cc(OC)c(OC)cc4cc[n+]3cc2c1. The van der Waals surface area contributed by atoms with Gasteiger partial charge in [-0.3, -0.25) is 0 Å². The maximum atomic E-state index is 5.46. The largest absolute Gasteiger partial charge is 0.497 e. The Morgan fingerprint density at radius 2 is 1.50 bits per heavy atom. The maximum Gasteiger partial charge on any atom is 0.219 e. The molecule has 2 aromatic heterocycles. The molecule has 0 N–H and O–H groups in total. The first-order valence-electron chi connectivity index (χ1n) is 7.71. The van der Waals surface area contributed by atoms with E-state index in [0.717, 1.165) is 44.3 Å². The first-order valence-corrected chi connectivity index (χ1v) is 7.71. The lowest BCUT2D eigenvalue weighted by atomic mass is 10.1. The zero-order valence-corrected chi connectivity index (χ0v) is 13.9. The monoisotopic (exact) mass is 320 g/mol. The lowest BCUT2D eigenvalue weighted by Gasteiger charge is -2.09.